The molecule has 5 aromatic carbocycles. The lowest BCUT2D eigenvalue weighted by Gasteiger charge is -2.21. The van der Waals surface area contributed by atoms with Crippen LogP contribution < -0.4 is 9.47 Å². The molecular formula is C91H152O2. The lowest BCUT2D eigenvalue weighted by atomic mass is 9.84. The summed E-state index contributed by atoms with van der Waals surface area (Å²) in [6.45, 7) is 75.5. The minimum atomic E-state index is 0.378. The second-order valence-electron chi connectivity index (χ2n) is 30.2. The molecule has 0 radical (unpaired) electrons. The third-order valence-electron chi connectivity index (χ3n) is 20.0. The molecule has 2 heteroatoms. The van der Waals surface area contributed by atoms with Gasteiger partial charge in [-0.05, 0) is 170 Å². The predicted octanol–water partition coefficient (Wildman–Crippen LogP) is 28.1. The van der Waals surface area contributed by atoms with Gasteiger partial charge < -0.3 is 9.47 Å². The summed E-state index contributed by atoms with van der Waals surface area (Å²) >= 11 is 0. The first-order valence-electron chi connectivity index (χ1n) is 39.1. The molecule has 5 aromatic rings. The summed E-state index contributed by atoms with van der Waals surface area (Å²) in [5.74, 6) is 13.7. The Morgan fingerprint density at radius 1 is 0.247 bits per heavy atom. The van der Waals surface area contributed by atoms with Crippen LogP contribution in [0.15, 0.2) is 121 Å². The maximum absolute atomic E-state index is 6.04. The van der Waals surface area contributed by atoms with Gasteiger partial charge in [0.1, 0.15) is 23.7 Å². The van der Waals surface area contributed by atoms with E-state index < -0.39 is 0 Å². The predicted molar refractivity (Wildman–Crippen MR) is 418 cm³/mol. The van der Waals surface area contributed by atoms with E-state index in [9.17, 15) is 0 Å². The van der Waals surface area contributed by atoms with E-state index in [-0.39, 0.29) is 0 Å². The number of ether oxygens (including phenoxy) is 2. The number of aryl methyl sites for hydroxylation is 1. The molecule has 2 nitrogen and oxygen atoms in total. The van der Waals surface area contributed by atoms with E-state index in [4.69, 9.17) is 9.47 Å². The van der Waals surface area contributed by atoms with Crippen LogP contribution in [0.2, 0.25) is 0 Å². The van der Waals surface area contributed by atoms with E-state index in [2.05, 4.69) is 225 Å². The molecule has 5 fully saturated rings. The third-order valence-corrected chi connectivity index (χ3v) is 20.0. The van der Waals surface area contributed by atoms with E-state index in [1.165, 1.54) is 49.7 Å². The molecule has 10 aliphatic rings. The van der Waals surface area contributed by atoms with Gasteiger partial charge in [-0.3, -0.25) is 0 Å². The molecule has 2 aliphatic heterocycles. The number of benzene rings is 5. The standard InChI is InChI=1S/2C15H20.C14H18O.C14H18.C13H16O.10C2H6/c1-15(2,3)14-12-8-10-6-4-5-7-11(10)9-13(12)14;1-15(2,3)14-12-9-8-10-6-4-5-7-11(10)13(12)14;1-14(2,3)12-10-8-9-6-4-5-7-11(9)15-13(10)12;1-14(2,3)13-11-8-9-6-4-5-7-10(9)12(11)13;1-13(2,3)11-10-8-6-4-5-7-9(8)14-12(10)11;10*1-2/h2*4-7,12-14H,8-9H2,1-3H3;4-7,10,12-13H,8H2,1-3H3;4-7,11-13H,8H2,1-3H3;4-7,10-12H,1-3H3;10*1-2H3. The van der Waals surface area contributed by atoms with Gasteiger partial charge in [0.05, 0.1) is 0 Å². The Morgan fingerprint density at radius 2 is 0.559 bits per heavy atom. The van der Waals surface area contributed by atoms with Crippen molar-refractivity contribution in [3.05, 3.63) is 166 Å². The summed E-state index contributed by atoms with van der Waals surface area (Å²) in [6.07, 6.45) is 8.90. The summed E-state index contributed by atoms with van der Waals surface area (Å²) in [4.78, 5) is 0. The van der Waals surface area contributed by atoms with Gasteiger partial charge in [-0.15, -0.1) is 0 Å². The van der Waals surface area contributed by atoms with Crippen molar-refractivity contribution in [2.45, 2.75) is 311 Å². The SMILES string of the molecule is CC.CC.CC.CC.CC.CC.CC.CC.CC.CC.CC(C)(C)C1C2CCc3ccccc3C21.CC(C)(C)C1C2Cc3ccccc3C21.CC(C)(C)C1C2Cc3ccccc3CC21.CC(C)(C)C1C2Cc3ccccc3OC21.CC(C)(C)C1C2Oc3ccccc3C21. The molecular weight excluding hydrogens is 1120 g/mol. The molecule has 0 spiro atoms. The van der Waals surface area contributed by atoms with Crippen LogP contribution in [-0.4, -0.2) is 12.2 Å². The fourth-order valence-electron chi connectivity index (χ4n) is 16.9. The van der Waals surface area contributed by atoms with Gasteiger partial charge in [0.15, 0.2) is 0 Å². The van der Waals surface area contributed by atoms with E-state index in [1.54, 1.807) is 33.4 Å². The second-order valence-corrected chi connectivity index (χ2v) is 30.2. The summed E-state index contributed by atoms with van der Waals surface area (Å²) in [6, 6.07) is 44.0. The Labute approximate surface area is 580 Å². The highest BCUT2D eigenvalue weighted by Crippen LogP contribution is 2.69. The van der Waals surface area contributed by atoms with Crippen molar-refractivity contribution < 1.29 is 9.47 Å². The topological polar surface area (TPSA) is 18.5 Å². The summed E-state index contributed by atoms with van der Waals surface area (Å²) < 4.78 is 12.0. The van der Waals surface area contributed by atoms with Crippen LogP contribution >= 0.6 is 0 Å². The average Bonchev–Trinajstić information content (AvgIpc) is 1.57. The lowest BCUT2D eigenvalue weighted by Crippen LogP contribution is -2.15. The Morgan fingerprint density at radius 3 is 1.00 bits per heavy atom. The quantitative estimate of drug-likeness (QED) is 0.154. The number of para-hydroxylation sites is 2. The van der Waals surface area contributed by atoms with Crippen LogP contribution in [0, 0.1) is 86.3 Å². The number of hydrogen-bond donors (Lipinski definition) is 0. The van der Waals surface area contributed by atoms with Crippen LogP contribution in [-0.2, 0) is 32.1 Å². The molecule has 0 bridgehead atoms. The molecule has 528 valence electrons. The number of hydrogen-bond acceptors (Lipinski definition) is 2. The molecule has 14 atom stereocenters. The van der Waals surface area contributed by atoms with Crippen molar-refractivity contribution in [2.24, 2.45) is 86.3 Å². The van der Waals surface area contributed by atoms with Gasteiger partial charge in [-0.25, -0.2) is 0 Å². The average molecular weight is 1280 g/mol. The molecule has 2 heterocycles. The number of rotatable bonds is 0. The minimum Gasteiger partial charge on any atom is -0.490 e. The molecule has 0 N–H and O–H groups in total. The smallest absolute Gasteiger partial charge is 0.123 e. The highest BCUT2D eigenvalue weighted by atomic mass is 16.5. The molecule has 0 saturated heterocycles. The van der Waals surface area contributed by atoms with Crippen molar-refractivity contribution in [1.29, 1.82) is 0 Å². The van der Waals surface area contributed by atoms with E-state index in [0.717, 1.165) is 82.5 Å². The first kappa shape index (κ1) is 86.7. The molecule has 0 amide bonds. The second kappa shape index (κ2) is 39.8. The Balaban J connectivity index is 0.000000543. The van der Waals surface area contributed by atoms with Gasteiger partial charge in [-0.1, -0.05) is 352 Å². The fourth-order valence-corrected chi connectivity index (χ4v) is 16.9. The van der Waals surface area contributed by atoms with Gasteiger partial charge in [-0.2, -0.15) is 0 Å². The van der Waals surface area contributed by atoms with Crippen LogP contribution in [0.25, 0.3) is 0 Å². The Bertz CT molecular complexity index is 2580. The zero-order valence-electron chi connectivity index (χ0n) is 67.8. The van der Waals surface area contributed by atoms with Gasteiger partial charge >= 0.3 is 0 Å². The number of fused-ring (bicyclic) bond motifs is 13. The van der Waals surface area contributed by atoms with Crippen LogP contribution in [0.4, 0.5) is 0 Å². The van der Waals surface area contributed by atoms with Crippen molar-refractivity contribution in [3.63, 3.8) is 0 Å². The largest absolute Gasteiger partial charge is 0.490 e. The minimum absolute atomic E-state index is 0.378. The molecule has 0 aromatic heterocycles. The zero-order valence-corrected chi connectivity index (χ0v) is 67.8. The third kappa shape index (κ3) is 21.8. The first-order valence-corrected chi connectivity index (χ1v) is 39.1. The van der Waals surface area contributed by atoms with E-state index in [0.29, 0.717) is 45.2 Å². The van der Waals surface area contributed by atoms with Crippen molar-refractivity contribution in [2.75, 3.05) is 0 Å². The van der Waals surface area contributed by atoms with Crippen LogP contribution in [0.3, 0.4) is 0 Å². The normalized spacial score (nSPS) is 26.7. The van der Waals surface area contributed by atoms with E-state index in [1.807, 2.05) is 138 Å². The van der Waals surface area contributed by atoms with Crippen molar-refractivity contribution >= 4 is 0 Å². The zero-order chi connectivity index (χ0) is 71.7. The molecule has 93 heavy (non-hydrogen) atoms. The molecule has 5 saturated carbocycles. The molecule has 14 unspecified atom stereocenters. The maximum atomic E-state index is 6.04. The lowest BCUT2D eigenvalue weighted by molar-refractivity contribution is 0.224. The Kier molecular flexibility index (Phi) is 37.1. The van der Waals surface area contributed by atoms with Crippen molar-refractivity contribution in [3.8, 4) is 11.5 Å². The first-order chi connectivity index (χ1) is 44.4. The van der Waals surface area contributed by atoms with Crippen LogP contribution in [0.1, 0.15) is 311 Å². The summed E-state index contributed by atoms with van der Waals surface area (Å²) in [5.41, 5.74) is 14.9. The van der Waals surface area contributed by atoms with Gasteiger partial charge in [0.25, 0.3) is 0 Å². The maximum Gasteiger partial charge on any atom is 0.123 e. The fraction of sp³-hybridized carbons (Fsp3) is 0.670. The molecule has 8 aliphatic carbocycles. The molecule has 15 rings (SSSR count). The highest BCUT2D eigenvalue weighted by molar-refractivity contribution is 5.48. The Hall–Kier alpha value is -4.30. The van der Waals surface area contributed by atoms with Crippen molar-refractivity contribution in [1.82, 2.24) is 0 Å². The van der Waals surface area contributed by atoms with Gasteiger partial charge in [0, 0.05) is 29.2 Å². The monoisotopic (exact) mass is 1280 g/mol. The van der Waals surface area contributed by atoms with Crippen LogP contribution in [0.5, 0.6) is 11.5 Å². The highest BCUT2D eigenvalue weighted by Gasteiger charge is 2.64. The van der Waals surface area contributed by atoms with E-state index >= 15 is 0 Å². The van der Waals surface area contributed by atoms with Gasteiger partial charge in [0.2, 0.25) is 0 Å². The summed E-state index contributed by atoms with van der Waals surface area (Å²) in [7, 11) is 0. The summed E-state index contributed by atoms with van der Waals surface area (Å²) in [5, 5.41) is 0.